The van der Waals surface area contributed by atoms with E-state index in [0.717, 1.165) is 23.4 Å². The van der Waals surface area contributed by atoms with E-state index in [9.17, 15) is 9.18 Å². The lowest BCUT2D eigenvalue weighted by Crippen LogP contribution is -2.49. The second kappa shape index (κ2) is 6.05. The van der Waals surface area contributed by atoms with Crippen LogP contribution in [-0.4, -0.2) is 40.4 Å². The number of halogens is 1. The fraction of sp³-hybridized carbons (Fsp3) is 0.222. The normalized spacial score (nSPS) is 18.0. The summed E-state index contributed by atoms with van der Waals surface area (Å²) in [6, 6.07) is 13.3. The van der Waals surface area contributed by atoms with Crippen molar-refractivity contribution in [1.29, 1.82) is 0 Å². The largest absolute Gasteiger partial charge is 0.340 e. The number of piperazine rings is 1. The third-order valence-electron chi connectivity index (χ3n) is 4.32. The maximum Gasteiger partial charge on any atom is 0.254 e. The Kier molecular flexibility index (Phi) is 3.74. The number of para-hydroxylation sites is 2. The summed E-state index contributed by atoms with van der Waals surface area (Å²) in [6.45, 7) is 1.94. The van der Waals surface area contributed by atoms with Gasteiger partial charge in [-0.15, -0.1) is 0 Å². The van der Waals surface area contributed by atoms with Crippen LogP contribution in [0.1, 0.15) is 22.2 Å². The van der Waals surface area contributed by atoms with Gasteiger partial charge in [-0.1, -0.05) is 12.1 Å². The molecule has 122 valence electrons. The number of rotatable bonds is 2. The van der Waals surface area contributed by atoms with Gasteiger partial charge in [0.15, 0.2) is 0 Å². The molecular weight excluding hydrogens is 307 g/mol. The molecule has 1 aliphatic rings. The minimum Gasteiger partial charge on any atom is -0.340 e. The highest BCUT2D eigenvalue weighted by Gasteiger charge is 2.30. The minimum absolute atomic E-state index is 0.109. The summed E-state index contributed by atoms with van der Waals surface area (Å²) < 4.78 is 13.1. The maximum atomic E-state index is 13.1. The Bertz CT molecular complexity index is 841. The molecule has 2 aromatic carbocycles. The number of hydrogen-bond acceptors (Lipinski definition) is 3. The highest BCUT2D eigenvalue weighted by atomic mass is 19.1. The fourth-order valence-electron chi connectivity index (χ4n) is 3.08. The van der Waals surface area contributed by atoms with E-state index in [-0.39, 0.29) is 17.8 Å². The van der Waals surface area contributed by atoms with Gasteiger partial charge in [0.25, 0.3) is 5.91 Å². The SMILES string of the molecule is O=C(c1ccc(F)cc1)N1CCNCC1c1nc2ccccc2[nH]1. The predicted molar refractivity (Wildman–Crippen MR) is 89.1 cm³/mol. The molecule has 0 saturated carbocycles. The summed E-state index contributed by atoms with van der Waals surface area (Å²) in [5.41, 5.74) is 2.32. The molecular formula is C18H17FN4O. The topological polar surface area (TPSA) is 61.0 Å². The van der Waals surface area contributed by atoms with Crippen LogP contribution >= 0.6 is 0 Å². The van der Waals surface area contributed by atoms with Crippen molar-refractivity contribution in [2.45, 2.75) is 6.04 Å². The number of imidazole rings is 1. The van der Waals surface area contributed by atoms with Crippen molar-refractivity contribution in [1.82, 2.24) is 20.2 Å². The molecule has 6 heteroatoms. The molecule has 0 spiro atoms. The van der Waals surface area contributed by atoms with Gasteiger partial charge in [-0.25, -0.2) is 9.37 Å². The highest BCUT2D eigenvalue weighted by Crippen LogP contribution is 2.24. The lowest BCUT2D eigenvalue weighted by molar-refractivity contribution is 0.0625. The molecule has 1 aliphatic heterocycles. The van der Waals surface area contributed by atoms with E-state index >= 15 is 0 Å². The molecule has 4 rings (SSSR count). The first-order chi connectivity index (χ1) is 11.7. The molecule has 24 heavy (non-hydrogen) atoms. The first-order valence-electron chi connectivity index (χ1n) is 7.94. The van der Waals surface area contributed by atoms with Crippen LogP contribution in [0.5, 0.6) is 0 Å². The second-order valence-electron chi connectivity index (χ2n) is 5.86. The zero-order valence-corrected chi connectivity index (χ0v) is 13.0. The molecule has 1 fully saturated rings. The van der Waals surface area contributed by atoms with Crippen molar-refractivity contribution in [2.24, 2.45) is 0 Å². The number of H-pyrrole nitrogens is 1. The van der Waals surface area contributed by atoms with E-state index < -0.39 is 0 Å². The number of carbonyl (C=O) groups excluding carboxylic acids is 1. The Balaban J connectivity index is 1.67. The first kappa shape index (κ1) is 14.8. The lowest BCUT2D eigenvalue weighted by Gasteiger charge is -2.35. The number of nitrogens with one attached hydrogen (secondary N) is 2. The van der Waals surface area contributed by atoms with Gasteiger partial charge in [0.1, 0.15) is 17.7 Å². The van der Waals surface area contributed by atoms with Crippen LogP contribution < -0.4 is 5.32 Å². The van der Waals surface area contributed by atoms with Crippen molar-refractivity contribution in [3.05, 3.63) is 65.7 Å². The number of aromatic nitrogens is 2. The van der Waals surface area contributed by atoms with Gasteiger partial charge in [-0.05, 0) is 36.4 Å². The summed E-state index contributed by atoms with van der Waals surface area (Å²) >= 11 is 0. The van der Waals surface area contributed by atoms with Crippen molar-refractivity contribution >= 4 is 16.9 Å². The molecule has 1 unspecified atom stereocenters. The molecule has 3 aromatic rings. The van der Waals surface area contributed by atoms with E-state index in [0.29, 0.717) is 18.7 Å². The van der Waals surface area contributed by atoms with Crippen LogP contribution in [0.4, 0.5) is 4.39 Å². The third-order valence-corrected chi connectivity index (χ3v) is 4.32. The summed E-state index contributed by atoms with van der Waals surface area (Å²) in [5, 5.41) is 3.31. The Morgan fingerprint density at radius 2 is 1.96 bits per heavy atom. The van der Waals surface area contributed by atoms with Crippen molar-refractivity contribution in [3.8, 4) is 0 Å². The molecule has 5 nitrogen and oxygen atoms in total. The van der Waals surface area contributed by atoms with Crippen LogP contribution in [0, 0.1) is 5.82 Å². The monoisotopic (exact) mass is 324 g/mol. The Morgan fingerprint density at radius 1 is 1.17 bits per heavy atom. The second-order valence-corrected chi connectivity index (χ2v) is 5.86. The number of benzene rings is 2. The van der Waals surface area contributed by atoms with Gasteiger partial charge in [0.2, 0.25) is 0 Å². The minimum atomic E-state index is -0.347. The number of carbonyl (C=O) groups is 1. The molecule has 0 aliphatic carbocycles. The Hall–Kier alpha value is -2.73. The van der Waals surface area contributed by atoms with E-state index in [1.165, 1.54) is 24.3 Å². The van der Waals surface area contributed by atoms with Gasteiger partial charge >= 0.3 is 0 Å². The van der Waals surface area contributed by atoms with E-state index in [4.69, 9.17) is 0 Å². The van der Waals surface area contributed by atoms with Crippen LogP contribution in [0.3, 0.4) is 0 Å². The van der Waals surface area contributed by atoms with Gasteiger partial charge in [0.05, 0.1) is 11.0 Å². The smallest absolute Gasteiger partial charge is 0.254 e. The van der Waals surface area contributed by atoms with Gasteiger partial charge in [0, 0.05) is 25.2 Å². The summed E-state index contributed by atoms with van der Waals surface area (Å²) in [5.74, 6) is 0.307. The van der Waals surface area contributed by atoms with Crippen LogP contribution in [0.15, 0.2) is 48.5 Å². The van der Waals surface area contributed by atoms with E-state index in [1.54, 1.807) is 4.90 Å². The first-order valence-corrected chi connectivity index (χ1v) is 7.94. The molecule has 0 bridgehead atoms. The third kappa shape index (κ3) is 2.65. The van der Waals surface area contributed by atoms with Gasteiger partial charge in [-0.2, -0.15) is 0 Å². The Morgan fingerprint density at radius 3 is 2.75 bits per heavy atom. The van der Waals surface area contributed by atoms with E-state index in [1.807, 2.05) is 24.3 Å². The van der Waals surface area contributed by atoms with Crippen LogP contribution in [0.25, 0.3) is 11.0 Å². The molecule has 0 radical (unpaired) electrons. The average Bonchev–Trinajstić information content (AvgIpc) is 3.06. The number of aromatic amines is 1. The standard InChI is InChI=1S/C18H17FN4O/c19-13-7-5-12(6-8-13)18(24)23-10-9-20-11-16(23)17-21-14-3-1-2-4-15(14)22-17/h1-8,16,20H,9-11H2,(H,21,22). The van der Waals surface area contributed by atoms with E-state index in [2.05, 4.69) is 15.3 Å². The quantitative estimate of drug-likeness (QED) is 0.761. The summed E-state index contributed by atoms with van der Waals surface area (Å²) in [4.78, 5) is 22.6. The van der Waals surface area contributed by atoms with Gasteiger partial charge < -0.3 is 15.2 Å². The number of nitrogens with zero attached hydrogens (tertiary/aromatic N) is 2. The van der Waals surface area contributed by atoms with Gasteiger partial charge in [-0.3, -0.25) is 4.79 Å². The van der Waals surface area contributed by atoms with Crippen molar-refractivity contribution in [2.75, 3.05) is 19.6 Å². The Labute approximate surface area is 138 Å². The molecule has 1 amide bonds. The lowest BCUT2D eigenvalue weighted by atomic mass is 10.1. The fourth-order valence-corrected chi connectivity index (χ4v) is 3.08. The molecule has 1 aromatic heterocycles. The zero-order valence-electron chi connectivity index (χ0n) is 13.0. The molecule has 2 heterocycles. The molecule has 2 N–H and O–H groups in total. The van der Waals surface area contributed by atoms with Crippen molar-refractivity contribution < 1.29 is 9.18 Å². The molecule has 1 atom stereocenters. The van der Waals surface area contributed by atoms with Crippen LogP contribution in [0.2, 0.25) is 0 Å². The number of fused-ring (bicyclic) bond motifs is 1. The summed E-state index contributed by atoms with van der Waals surface area (Å²) in [6.07, 6.45) is 0. The van der Waals surface area contributed by atoms with Crippen LogP contribution in [-0.2, 0) is 0 Å². The predicted octanol–water partition coefficient (Wildman–Crippen LogP) is 2.49. The molecule has 1 saturated heterocycles. The summed E-state index contributed by atoms with van der Waals surface area (Å²) in [7, 11) is 0. The highest BCUT2D eigenvalue weighted by molar-refractivity contribution is 5.94. The zero-order chi connectivity index (χ0) is 16.5. The maximum absolute atomic E-state index is 13.1. The van der Waals surface area contributed by atoms with Crippen molar-refractivity contribution in [3.63, 3.8) is 0 Å². The average molecular weight is 324 g/mol. The number of hydrogen-bond donors (Lipinski definition) is 2. The number of amides is 1.